The number of ether oxygens (including phenoxy) is 2. The smallest absolute Gasteiger partial charge is 0.309 e. The highest BCUT2D eigenvalue weighted by molar-refractivity contribution is 5.74. The monoisotopic (exact) mass is 400 g/mol. The fraction of sp³-hybridized carbons (Fsp3) is 0.760. The summed E-state index contributed by atoms with van der Waals surface area (Å²) in [6, 6.07) is 0. The van der Waals surface area contributed by atoms with E-state index in [1.165, 1.54) is 19.3 Å². The van der Waals surface area contributed by atoms with Gasteiger partial charge >= 0.3 is 11.9 Å². The van der Waals surface area contributed by atoms with Crippen molar-refractivity contribution in [2.24, 2.45) is 35.5 Å². The molecule has 0 aromatic rings. The number of allylic oxidation sites excluding steroid dienone is 4. The maximum atomic E-state index is 12.1. The predicted octanol–water partition coefficient (Wildman–Crippen LogP) is 5.23. The summed E-state index contributed by atoms with van der Waals surface area (Å²) in [4.78, 5) is 24.3. The molecule has 4 nitrogen and oxygen atoms in total. The predicted molar refractivity (Wildman–Crippen MR) is 112 cm³/mol. The molecule has 4 rings (SSSR count). The Morgan fingerprint density at radius 2 is 1.00 bits per heavy atom. The van der Waals surface area contributed by atoms with E-state index in [0.717, 1.165) is 51.4 Å². The second-order valence-corrected chi connectivity index (χ2v) is 9.58. The third kappa shape index (κ3) is 5.32. The van der Waals surface area contributed by atoms with Gasteiger partial charge in [0.05, 0.1) is 25.0 Å². The summed E-state index contributed by atoms with van der Waals surface area (Å²) in [7, 11) is 0. The molecule has 4 aliphatic carbocycles. The van der Waals surface area contributed by atoms with Crippen LogP contribution in [0.15, 0.2) is 24.3 Å². The number of esters is 2. The third-order valence-corrected chi connectivity index (χ3v) is 7.44. The summed E-state index contributed by atoms with van der Waals surface area (Å²) in [5.74, 6) is 2.43. The van der Waals surface area contributed by atoms with Crippen molar-refractivity contribution in [3.8, 4) is 0 Å². The molecule has 0 radical (unpaired) electrons. The molecule has 0 spiro atoms. The van der Waals surface area contributed by atoms with E-state index < -0.39 is 0 Å². The van der Waals surface area contributed by atoms with Gasteiger partial charge in [-0.1, -0.05) is 56.4 Å². The second-order valence-electron chi connectivity index (χ2n) is 9.58. The lowest BCUT2D eigenvalue weighted by Crippen LogP contribution is -2.22. The summed E-state index contributed by atoms with van der Waals surface area (Å²) in [6.07, 6.45) is 21.0. The topological polar surface area (TPSA) is 52.6 Å². The van der Waals surface area contributed by atoms with Crippen LogP contribution in [-0.2, 0) is 19.1 Å². The zero-order valence-corrected chi connectivity index (χ0v) is 17.6. The fourth-order valence-corrected chi connectivity index (χ4v) is 5.75. The van der Waals surface area contributed by atoms with E-state index in [1.54, 1.807) is 0 Å². The molecule has 0 aliphatic heterocycles. The van der Waals surface area contributed by atoms with Crippen LogP contribution in [0.25, 0.3) is 0 Å². The normalized spacial score (nSPS) is 33.5. The quantitative estimate of drug-likeness (QED) is 0.256. The molecule has 0 amide bonds. The Bertz CT molecular complexity index is 583. The Labute approximate surface area is 175 Å². The molecule has 29 heavy (non-hydrogen) atoms. The molecule has 0 aromatic heterocycles. The van der Waals surface area contributed by atoms with Crippen molar-refractivity contribution in [1.29, 1.82) is 0 Å². The molecule has 160 valence electrons. The van der Waals surface area contributed by atoms with Crippen LogP contribution in [0.1, 0.15) is 70.6 Å². The van der Waals surface area contributed by atoms with Crippen molar-refractivity contribution < 1.29 is 19.1 Å². The second kappa shape index (κ2) is 9.95. The number of fused-ring (bicyclic) bond motifs is 4. The number of carbonyl (C=O) groups is 2. The van der Waals surface area contributed by atoms with E-state index in [1.807, 2.05) is 0 Å². The molecule has 2 saturated carbocycles. The van der Waals surface area contributed by atoms with Crippen molar-refractivity contribution in [3.05, 3.63) is 24.3 Å². The zero-order chi connectivity index (χ0) is 20.1. The van der Waals surface area contributed by atoms with Gasteiger partial charge in [-0.2, -0.15) is 0 Å². The number of hydrogen-bond acceptors (Lipinski definition) is 4. The maximum absolute atomic E-state index is 12.1. The van der Waals surface area contributed by atoms with Crippen LogP contribution in [0.3, 0.4) is 0 Å². The molecule has 2 fully saturated rings. The minimum absolute atomic E-state index is 0.0258. The lowest BCUT2D eigenvalue weighted by molar-refractivity contribution is -0.150. The lowest BCUT2D eigenvalue weighted by Gasteiger charge is -2.16. The van der Waals surface area contributed by atoms with Crippen molar-refractivity contribution in [3.63, 3.8) is 0 Å². The van der Waals surface area contributed by atoms with Crippen LogP contribution in [0.2, 0.25) is 0 Å². The van der Waals surface area contributed by atoms with Crippen molar-refractivity contribution in [1.82, 2.24) is 0 Å². The average Bonchev–Trinajstić information content (AvgIpc) is 3.52. The maximum Gasteiger partial charge on any atom is 0.309 e. The molecule has 4 heteroatoms. The summed E-state index contributed by atoms with van der Waals surface area (Å²) >= 11 is 0. The Balaban J connectivity index is 0.932. The van der Waals surface area contributed by atoms with Gasteiger partial charge in [-0.05, 0) is 62.2 Å². The van der Waals surface area contributed by atoms with E-state index in [9.17, 15) is 9.59 Å². The minimum atomic E-state index is 0.0258. The highest BCUT2D eigenvalue weighted by Gasteiger charge is 2.41. The summed E-state index contributed by atoms with van der Waals surface area (Å²) in [5.41, 5.74) is 0. The van der Waals surface area contributed by atoms with Crippen molar-refractivity contribution in [2.45, 2.75) is 70.6 Å². The van der Waals surface area contributed by atoms with E-state index in [4.69, 9.17) is 9.47 Å². The third-order valence-electron chi connectivity index (χ3n) is 7.44. The van der Waals surface area contributed by atoms with Crippen LogP contribution in [0.5, 0.6) is 0 Å². The van der Waals surface area contributed by atoms with Crippen molar-refractivity contribution >= 4 is 11.9 Å². The van der Waals surface area contributed by atoms with E-state index in [0.29, 0.717) is 36.9 Å². The van der Waals surface area contributed by atoms with Crippen molar-refractivity contribution in [2.75, 3.05) is 13.2 Å². The van der Waals surface area contributed by atoms with Crippen LogP contribution < -0.4 is 0 Å². The van der Waals surface area contributed by atoms with Crippen LogP contribution >= 0.6 is 0 Å². The van der Waals surface area contributed by atoms with Gasteiger partial charge in [0.1, 0.15) is 0 Å². The molecular weight excluding hydrogens is 364 g/mol. The first-order valence-corrected chi connectivity index (χ1v) is 11.9. The molecule has 6 unspecified atom stereocenters. The van der Waals surface area contributed by atoms with Gasteiger partial charge in [0.2, 0.25) is 0 Å². The minimum Gasteiger partial charge on any atom is -0.465 e. The Morgan fingerprint density at radius 3 is 1.34 bits per heavy atom. The molecule has 0 heterocycles. The molecule has 0 N–H and O–H groups in total. The van der Waals surface area contributed by atoms with E-state index in [-0.39, 0.29) is 23.8 Å². The van der Waals surface area contributed by atoms with Gasteiger partial charge in [-0.25, -0.2) is 0 Å². The summed E-state index contributed by atoms with van der Waals surface area (Å²) in [5, 5.41) is 0. The zero-order valence-electron chi connectivity index (χ0n) is 17.6. The van der Waals surface area contributed by atoms with Gasteiger partial charge in [0.25, 0.3) is 0 Å². The first-order chi connectivity index (χ1) is 14.2. The molecule has 0 aromatic carbocycles. The Morgan fingerprint density at radius 1 is 0.586 bits per heavy atom. The highest BCUT2D eigenvalue weighted by atomic mass is 16.5. The molecule has 4 aliphatic rings. The fourth-order valence-electron chi connectivity index (χ4n) is 5.75. The molecule has 4 bridgehead atoms. The molecule has 0 saturated heterocycles. The molecular formula is C25H36O4. The Hall–Kier alpha value is -1.58. The number of rotatable bonds is 12. The highest BCUT2D eigenvalue weighted by Crippen LogP contribution is 2.44. The average molecular weight is 401 g/mol. The Kier molecular flexibility index (Phi) is 7.10. The number of unbranched alkanes of at least 4 members (excludes halogenated alkanes) is 6. The van der Waals surface area contributed by atoms with E-state index >= 15 is 0 Å². The van der Waals surface area contributed by atoms with Crippen LogP contribution in [-0.4, -0.2) is 25.2 Å². The number of carbonyl (C=O) groups excluding carboxylic acids is 2. The summed E-state index contributed by atoms with van der Waals surface area (Å²) in [6.45, 7) is 1.15. The molecule has 6 atom stereocenters. The van der Waals surface area contributed by atoms with Gasteiger partial charge in [0.15, 0.2) is 0 Å². The van der Waals surface area contributed by atoms with Gasteiger partial charge in [-0.15, -0.1) is 0 Å². The van der Waals surface area contributed by atoms with E-state index in [2.05, 4.69) is 24.3 Å². The first-order valence-electron chi connectivity index (χ1n) is 11.9. The van der Waals surface area contributed by atoms with Gasteiger partial charge in [0, 0.05) is 0 Å². The largest absolute Gasteiger partial charge is 0.465 e. The van der Waals surface area contributed by atoms with Crippen LogP contribution in [0, 0.1) is 35.5 Å². The lowest BCUT2D eigenvalue weighted by atomic mass is 9.94. The van der Waals surface area contributed by atoms with Gasteiger partial charge < -0.3 is 9.47 Å². The first kappa shape index (κ1) is 20.7. The van der Waals surface area contributed by atoms with Crippen LogP contribution in [0.4, 0.5) is 0 Å². The SMILES string of the molecule is O=C(OCCCCCCCCCOC(=O)C1CC2C=CC1C2)C1CC2C=CC1C2. The standard InChI is InChI=1S/C25H36O4/c26-24(22-16-18-8-10-20(22)14-18)28-12-6-4-2-1-3-5-7-13-29-25(27)23-17-19-9-11-21(23)15-19/h8-11,18-23H,1-7,12-17H2. The van der Waals surface area contributed by atoms with Gasteiger partial charge in [-0.3, -0.25) is 9.59 Å². The summed E-state index contributed by atoms with van der Waals surface area (Å²) < 4.78 is 11.0. The number of hydrogen-bond donors (Lipinski definition) is 0.